The molecule has 8 heavy (non-hydrogen) atoms. The third kappa shape index (κ3) is 5.21. The first-order valence-electron chi connectivity index (χ1n) is 3.91. The van der Waals surface area contributed by atoms with Crippen molar-refractivity contribution in [2.24, 2.45) is 0 Å². The Bertz CT molecular complexity index is 188. The van der Waals surface area contributed by atoms with Gasteiger partial charge >= 0.3 is 5.97 Å². The average molecular weight is 117 g/mol. The van der Waals surface area contributed by atoms with Crippen LogP contribution >= 0.6 is 0 Å². The lowest BCUT2D eigenvalue weighted by Gasteiger charge is -1.79. The summed E-state index contributed by atoms with van der Waals surface area (Å²) in [7, 11) is 0. The topological polar surface area (TPSA) is 37.3 Å². The summed E-state index contributed by atoms with van der Waals surface area (Å²) >= 11 is 0. The molecular weight excluding hydrogens is 104 g/mol. The quantitative estimate of drug-likeness (QED) is 0.568. The van der Waals surface area contributed by atoms with Crippen LogP contribution in [-0.4, -0.2) is 11.1 Å². The molecule has 0 aromatic heterocycles. The van der Waals surface area contributed by atoms with Gasteiger partial charge < -0.3 is 5.11 Å². The molecule has 0 heterocycles. The number of allylic oxidation sites excluding steroid dienone is 1. The monoisotopic (exact) mass is 117 g/mol. The number of rotatable bonds is 3. The summed E-state index contributed by atoms with van der Waals surface area (Å²) in [6.45, 7) is 1.67. The van der Waals surface area contributed by atoms with Crippen molar-refractivity contribution in [3.8, 4) is 0 Å². The van der Waals surface area contributed by atoms with Gasteiger partial charge in [-0.1, -0.05) is 19.4 Å². The van der Waals surface area contributed by atoms with Gasteiger partial charge in [-0.3, -0.25) is 0 Å². The summed E-state index contributed by atoms with van der Waals surface area (Å²) in [5.74, 6) is -1.44. The van der Waals surface area contributed by atoms with Gasteiger partial charge in [0.2, 0.25) is 0 Å². The molecule has 0 fully saturated rings. The van der Waals surface area contributed by atoms with Gasteiger partial charge in [0, 0.05) is 7.42 Å². The second-order valence-electron chi connectivity index (χ2n) is 1.19. The van der Waals surface area contributed by atoms with Crippen molar-refractivity contribution in [1.29, 1.82) is 0 Å². The van der Waals surface area contributed by atoms with Crippen molar-refractivity contribution in [2.75, 3.05) is 0 Å². The Hall–Kier alpha value is -0.790. The van der Waals surface area contributed by atoms with E-state index in [-0.39, 0.29) is 0 Å². The molecule has 0 aliphatic heterocycles. The van der Waals surface area contributed by atoms with E-state index >= 15 is 0 Å². The Morgan fingerprint density at radius 2 is 2.75 bits per heavy atom. The Morgan fingerprint density at radius 3 is 3.12 bits per heavy atom. The second kappa shape index (κ2) is 4.37. The van der Waals surface area contributed by atoms with Crippen LogP contribution in [0.1, 0.15) is 23.9 Å². The summed E-state index contributed by atoms with van der Waals surface area (Å²) in [6, 6.07) is -1.22. The normalized spacial score (nSPS) is 21.9. The Balaban J connectivity index is 4.51. The lowest BCUT2D eigenvalue weighted by atomic mass is 10.3. The number of carboxylic acid groups (broad SMARTS) is 1. The molecule has 0 aromatic rings. The summed E-state index contributed by atoms with van der Waals surface area (Å²) in [6.07, 6.45) is -0.535. The fourth-order valence-electron chi connectivity index (χ4n) is 0.215. The SMILES string of the molecule is [2H]C(C(=O)O)=C([2H])C([2H])CC. The molecule has 0 saturated heterocycles. The zero-order valence-electron chi connectivity index (χ0n) is 7.64. The molecule has 2 heteroatoms. The molecule has 1 unspecified atom stereocenters. The predicted octanol–water partition coefficient (Wildman–Crippen LogP) is 1.43. The van der Waals surface area contributed by atoms with E-state index in [1.807, 2.05) is 0 Å². The molecule has 0 aliphatic carbocycles. The molecule has 0 amide bonds. The summed E-state index contributed by atoms with van der Waals surface area (Å²) < 4.78 is 21.0. The third-order valence-electron chi connectivity index (χ3n) is 0.485. The van der Waals surface area contributed by atoms with Crippen LogP contribution in [0.25, 0.3) is 0 Å². The maximum absolute atomic E-state index is 10.1. The fraction of sp³-hybridized carbons (Fsp3) is 0.500. The average Bonchev–Trinajstić information content (AvgIpc) is 2.00. The first kappa shape index (κ1) is 3.28. The van der Waals surface area contributed by atoms with Crippen LogP contribution in [0.3, 0.4) is 0 Å². The lowest BCUT2D eigenvalue weighted by molar-refractivity contribution is -0.131. The van der Waals surface area contributed by atoms with E-state index in [9.17, 15) is 4.79 Å². The van der Waals surface area contributed by atoms with Crippen molar-refractivity contribution >= 4 is 5.97 Å². The van der Waals surface area contributed by atoms with Crippen molar-refractivity contribution in [3.05, 3.63) is 12.1 Å². The Morgan fingerprint density at radius 1 is 2.12 bits per heavy atom. The van der Waals surface area contributed by atoms with Crippen LogP contribution in [0.15, 0.2) is 12.1 Å². The summed E-state index contributed by atoms with van der Waals surface area (Å²) in [5, 5.41) is 8.25. The smallest absolute Gasteiger partial charge is 0.327 e. The van der Waals surface area contributed by atoms with Gasteiger partial charge in [0.15, 0.2) is 0 Å². The zero-order chi connectivity index (χ0) is 9.02. The van der Waals surface area contributed by atoms with E-state index < -0.39 is 24.5 Å². The molecule has 0 saturated carbocycles. The van der Waals surface area contributed by atoms with E-state index in [2.05, 4.69) is 0 Å². The molecule has 46 valence electrons. The Kier molecular flexibility index (Phi) is 1.79. The molecule has 1 atom stereocenters. The van der Waals surface area contributed by atoms with Crippen LogP contribution in [0.5, 0.6) is 0 Å². The molecule has 0 spiro atoms. The van der Waals surface area contributed by atoms with Crippen LogP contribution in [-0.2, 0) is 4.79 Å². The zero-order valence-corrected chi connectivity index (χ0v) is 4.64. The minimum atomic E-state index is -1.44. The van der Waals surface area contributed by atoms with Gasteiger partial charge in [0.1, 0.15) is 0 Å². The van der Waals surface area contributed by atoms with E-state index in [4.69, 9.17) is 9.22 Å². The molecule has 0 aromatic carbocycles. The lowest BCUT2D eigenvalue weighted by Crippen LogP contribution is -1.84. The van der Waals surface area contributed by atoms with Crippen molar-refractivity contribution in [2.45, 2.75) is 19.7 Å². The number of hydrogen-bond donors (Lipinski definition) is 1. The van der Waals surface area contributed by atoms with Crippen molar-refractivity contribution in [1.82, 2.24) is 0 Å². The van der Waals surface area contributed by atoms with Gasteiger partial charge in [0.25, 0.3) is 0 Å². The summed E-state index contributed by atoms with van der Waals surface area (Å²) in [4.78, 5) is 10.1. The van der Waals surface area contributed by atoms with Crippen LogP contribution in [0.4, 0.5) is 0 Å². The van der Waals surface area contributed by atoms with Crippen molar-refractivity contribution in [3.63, 3.8) is 0 Å². The predicted molar refractivity (Wildman–Crippen MR) is 31.7 cm³/mol. The van der Waals surface area contributed by atoms with Crippen LogP contribution in [0, 0.1) is 0 Å². The highest BCUT2D eigenvalue weighted by Crippen LogP contribution is 1.86. The molecular formula is C6H10O2. The molecule has 2 nitrogen and oxygen atoms in total. The molecule has 0 aliphatic rings. The molecule has 0 radical (unpaired) electrons. The standard InChI is InChI=1S/C6H10O2/c1-2-3-4-5-6(7)8/h4-5H,2-3H2,1H3,(H,7,8)/i3D,4D,5D. The van der Waals surface area contributed by atoms with Crippen LogP contribution in [0.2, 0.25) is 0 Å². The maximum Gasteiger partial charge on any atom is 0.327 e. The van der Waals surface area contributed by atoms with E-state index in [1.54, 1.807) is 6.92 Å². The van der Waals surface area contributed by atoms with E-state index in [1.165, 1.54) is 0 Å². The molecule has 0 bridgehead atoms. The number of hydrogen-bond acceptors (Lipinski definition) is 1. The van der Waals surface area contributed by atoms with Gasteiger partial charge in [-0.05, 0) is 6.40 Å². The first-order chi connectivity index (χ1) is 5.00. The van der Waals surface area contributed by atoms with E-state index in [0.29, 0.717) is 6.42 Å². The van der Waals surface area contributed by atoms with E-state index in [0.717, 1.165) is 0 Å². The molecule has 1 N–H and O–H groups in total. The van der Waals surface area contributed by atoms with Gasteiger partial charge in [0.05, 0.1) is 2.74 Å². The van der Waals surface area contributed by atoms with Crippen LogP contribution < -0.4 is 0 Å². The highest BCUT2D eigenvalue weighted by Gasteiger charge is 1.81. The Labute approximate surface area is 53.0 Å². The number of aliphatic carboxylic acids is 1. The fourth-order valence-corrected chi connectivity index (χ4v) is 0.215. The van der Waals surface area contributed by atoms with Crippen molar-refractivity contribution < 1.29 is 14.0 Å². The number of carbonyl (C=O) groups is 1. The number of carboxylic acids is 1. The highest BCUT2D eigenvalue weighted by atomic mass is 16.4. The molecule has 0 rings (SSSR count). The summed E-state index contributed by atoms with van der Waals surface area (Å²) in [5.41, 5.74) is 0. The van der Waals surface area contributed by atoms with Gasteiger partial charge in [-0.25, -0.2) is 4.79 Å². The first-order valence-corrected chi connectivity index (χ1v) is 2.33. The minimum absolute atomic E-state index is 0.356. The van der Waals surface area contributed by atoms with Gasteiger partial charge in [-0.15, -0.1) is 0 Å². The minimum Gasteiger partial charge on any atom is -0.478 e. The highest BCUT2D eigenvalue weighted by molar-refractivity contribution is 5.79. The second-order valence-corrected chi connectivity index (χ2v) is 1.19. The third-order valence-corrected chi connectivity index (χ3v) is 0.485. The maximum atomic E-state index is 10.1. The largest absolute Gasteiger partial charge is 0.478 e. The van der Waals surface area contributed by atoms with Gasteiger partial charge in [-0.2, -0.15) is 0 Å².